The van der Waals surface area contributed by atoms with Crippen molar-refractivity contribution in [3.8, 4) is 11.8 Å². The average Bonchev–Trinajstić information content (AvgIpc) is 2.45. The van der Waals surface area contributed by atoms with Gasteiger partial charge in [-0.1, -0.05) is 5.92 Å². The second-order valence-electron chi connectivity index (χ2n) is 3.85. The Balaban J connectivity index is 2.24. The molecule has 2 heteroatoms. The summed E-state index contributed by atoms with van der Waals surface area (Å²) in [6, 6.07) is 0. The summed E-state index contributed by atoms with van der Waals surface area (Å²) < 4.78 is 0. The van der Waals surface area contributed by atoms with Crippen LogP contribution in [0.15, 0.2) is 0 Å². The lowest BCUT2D eigenvalue weighted by atomic mass is 10.0. The first kappa shape index (κ1) is 10.3. The molecule has 1 unspecified atom stereocenters. The standard InChI is InChI=1S/C11H17NO/c1-12(2)9-4-3-6-10-7-5-8-11(10)13/h10H,5-9H2,1-2H3. The maximum Gasteiger partial charge on any atom is 0.136 e. The Morgan fingerprint density at radius 2 is 2.23 bits per heavy atom. The van der Waals surface area contributed by atoms with E-state index in [4.69, 9.17) is 0 Å². The normalized spacial score (nSPS) is 21.8. The lowest BCUT2D eigenvalue weighted by molar-refractivity contribution is -0.120. The third kappa shape index (κ3) is 3.61. The minimum atomic E-state index is 0.245. The van der Waals surface area contributed by atoms with Gasteiger partial charge < -0.3 is 0 Å². The van der Waals surface area contributed by atoms with Crippen LogP contribution in [0.5, 0.6) is 0 Å². The van der Waals surface area contributed by atoms with Crippen molar-refractivity contribution >= 4 is 5.78 Å². The maximum absolute atomic E-state index is 11.2. The summed E-state index contributed by atoms with van der Waals surface area (Å²) in [6.07, 6.45) is 3.67. The van der Waals surface area contributed by atoms with Crippen LogP contribution < -0.4 is 0 Å². The van der Waals surface area contributed by atoms with Gasteiger partial charge in [0.05, 0.1) is 6.54 Å². The van der Waals surface area contributed by atoms with Crippen LogP contribution >= 0.6 is 0 Å². The summed E-state index contributed by atoms with van der Waals surface area (Å²) in [5.74, 6) is 6.79. The number of Topliss-reactive ketones (excluding diaryl/α,β-unsaturated/α-hetero) is 1. The lowest BCUT2D eigenvalue weighted by Gasteiger charge is -2.02. The highest BCUT2D eigenvalue weighted by molar-refractivity contribution is 5.83. The van der Waals surface area contributed by atoms with Gasteiger partial charge in [-0.15, -0.1) is 5.92 Å². The Bertz CT molecular complexity index is 234. The molecule has 0 spiro atoms. The van der Waals surface area contributed by atoms with Crippen LogP contribution in [0, 0.1) is 17.8 Å². The highest BCUT2D eigenvalue weighted by Gasteiger charge is 2.22. The highest BCUT2D eigenvalue weighted by atomic mass is 16.1. The summed E-state index contributed by atoms with van der Waals surface area (Å²) in [5.41, 5.74) is 0. The molecule has 0 aromatic heterocycles. The molecule has 1 aliphatic carbocycles. The van der Waals surface area contributed by atoms with Gasteiger partial charge in [-0.3, -0.25) is 9.69 Å². The van der Waals surface area contributed by atoms with E-state index in [2.05, 4.69) is 11.8 Å². The number of hydrogen-bond acceptors (Lipinski definition) is 2. The van der Waals surface area contributed by atoms with E-state index in [1.807, 2.05) is 19.0 Å². The van der Waals surface area contributed by atoms with Gasteiger partial charge >= 0.3 is 0 Å². The van der Waals surface area contributed by atoms with E-state index in [0.29, 0.717) is 5.78 Å². The van der Waals surface area contributed by atoms with Gasteiger partial charge in [0.15, 0.2) is 0 Å². The smallest absolute Gasteiger partial charge is 0.136 e. The molecule has 0 amide bonds. The summed E-state index contributed by atoms with van der Waals surface area (Å²) in [6.45, 7) is 0.793. The molecule has 1 aliphatic rings. The first-order valence-electron chi connectivity index (χ1n) is 4.83. The number of hydrogen-bond donors (Lipinski definition) is 0. The van der Waals surface area contributed by atoms with Gasteiger partial charge in [-0.25, -0.2) is 0 Å². The molecule has 1 atom stereocenters. The van der Waals surface area contributed by atoms with Crippen LogP contribution in [0.25, 0.3) is 0 Å². The Hall–Kier alpha value is -0.810. The third-order valence-corrected chi connectivity index (χ3v) is 2.30. The van der Waals surface area contributed by atoms with Crippen molar-refractivity contribution in [3.05, 3.63) is 0 Å². The SMILES string of the molecule is CN(C)CC#CCC1CCCC1=O. The van der Waals surface area contributed by atoms with Crippen molar-refractivity contribution in [1.29, 1.82) is 0 Å². The molecule has 13 heavy (non-hydrogen) atoms. The molecule has 1 rings (SSSR count). The van der Waals surface area contributed by atoms with Crippen LogP contribution in [0.4, 0.5) is 0 Å². The zero-order valence-corrected chi connectivity index (χ0v) is 8.47. The largest absolute Gasteiger partial charge is 0.299 e. The van der Waals surface area contributed by atoms with Gasteiger partial charge in [-0.05, 0) is 26.9 Å². The van der Waals surface area contributed by atoms with Crippen LogP contribution in [-0.4, -0.2) is 31.3 Å². The van der Waals surface area contributed by atoms with Gasteiger partial charge in [0.2, 0.25) is 0 Å². The molecular formula is C11H17NO. The molecule has 0 saturated heterocycles. The van der Waals surface area contributed by atoms with E-state index in [1.54, 1.807) is 0 Å². The fraction of sp³-hybridized carbons (Fsp3) is 0.727. The third-order valence-electron chi connectivity index (χ3n) is 2.30. The molecule has 1 fully saturated rings. The first-order chi connectivity index (χ1) is 6.20. The van der Waals surface area contributed by atoms with E-state index < -0.39 is 0 Å². The van der Waals surface area contributed by atoms with Crippen molar-refractivity contribution in [2.75, 3.05) is 20.6 Å². The molecule has 0 aliphatic heterocycles. The monoisotopic (exact) mass is 179 g/mol. The summed E-state index contributed by atoms with van der Waals surface area (Å²) in [5, 5.41) is 0. The van der Waals surface area contributed by atoms with E-state index in [9.17, 15) is 4.79 Å². The minimum Gasteiger partial charge on any atom is -0.299 e. The quantitative estimate of drug-likeness (QED) is 0.596. The van der Waals surface area contributed by atoms with Crippen LogP contribution in [-0.2, 0) is 4.79 Å². The second kappa shape index (κ2) is 5.04. The molecule has 0 aromatic rings. The molecule has 0 heterocycles. The van der Waals surface area contributed by atoms with Crippen molar-refractivity contribution in [1.82, 2.24) is 4.90 Å². The van der Waals surface area contributed by atoms with Gasteiger partial charge in [0.1, 0.15) is 5.78 Å². The Kier molecular flexibility index (Phi) is 3.98. The Morgan fingerprint density at radius 3 is 2.77 bits per heavy atom. The molecule has 0 bridgehead atoms. The van der Waals surface area contributed by atoms with Crippen molar-refractivity contribution in [2.45, 2.75) is 25.7 Å². The van der Waals surface area contributed by atoms with Crippen LogP contribution in [0.1, 0.15) is 25.7 Å². The second-order valence-corrected chi connectivity index (χ2v) is 3.85. The number of rotatable bonds is 2. The van der Waals surface area contributed by atoms with E-state index in [-0.39, 0.29) is 5.92 Å². The van der Waals surface area contributed by atoms with E-state index in [1.165, 1.54) is 0 Å². The maximum atomic E-state index is 11.2. The van der Waals surface area contributed by atoms with Crippen molar-refractivity contribution in [2.24, 2.45) is 5.92 Å². The molecular weight excluding hydrogens is 162 g/mol. The fourth-order valence-electron chi connectivity index (χ4n) is 1.51. The van der Waals surface area contributed by atoms with Crippen LogP contribution in [0.3, 0.4) is 0 Å². The molecule has 72 valence electrons. The zero-order chi connectivity index (χ0) is 9.68. The van der Waals surface area contributed by atoms with Gasteiger partial charge in [-0.2, -0.15) is 0 Å². The van der Waals surface area contributed by atoms with Gasteiger partial charge in [0, 0.05) is 18.8 Å². The fourth-order valence-corrected chi connectivity index (χ4v) is 1.51. The number of carbonyl (C=O) groups is 1. The predicted octanol–water partition coefficient (Wildman–Crippen LogP) is 1.31. The topological polar surface area (TPSA) is 20.3 Å². The summed E-state index contributed by atoms with van der Waals surface area (Å²) in [4.78, 5) is 13.3. The molecule has 0 radical (unpaired) electrons. The predicted molar refractivity (Wildman–Crippen MR) is 53.3 cm³/mol. The average molecular weight is 179 g/mol. The molecule has 1 saturated carbocycles. The number of carbonyl (C=O) groups excluding carboxylic acids is 1. The molecule has 0 N–H and O–H groups in total. The lowest BCUT2D eigenvalue weighted by Crippen LogP contribution is -2.11. The van der Waals surface area contributed by atoms with E-state index in [0.717, 1.165) is 32.2 Å². The number of nitrogens with zero attached hydrogens (tertiary/aromatic N) is 1. The minimum absolute atomic E-state index is 0.245. The highest BCUT2D eigenvalue weighted by Crippen LogP contribution is 2.23. The Morgan fingerprint density at radius 1 is 1.46 bits per heavy atom. The zero-order valence-electron chi connectivity index (χ0n) is 8.47. The van der Waals surface area contributed by atoms with Crippen molar-refractivity contribution < 1.29 is 4.79 Å². The number of ketones is 1. The molecule has 0 aromatic carbocycles. The summed E-state index contributed by atoms with van der Waals surface area (Å²) in [7, 11) is 3.99. The first-order valence-corrected chi connectivity index (χ1v) is 4.83. The molecule has 2 nitrogen and oxygen atoms in total. The van der Waals surface area contributed by atoms with Crippen LogP contribution in [0.2, 0.25) is 0 Å². The van der Waals surface area contributed by atoms with Crippen molar-refractivity contribution in [3.63, 3.8) is 0 Å². The Labute approximate surface area is 80.3 Å². The van der Waals surface area contributed by atoms with E-state index >= 15 is 0 Å². The summed E-state index contributed by atoms with van der Waals surface area (Å²) >= 11 is 0. The van der Waals surface area contributed by atoms with Gasteiger partial charge in [0.25, 0.3) is 0 Å².